The van der Waals surface area contributed by atoms with E-state index in [1.54, 1.807) is 7.05 Å². The van der Waals surface area contributed by atoms with Crippen molar-refractivity contribution in [1.82, 2.24) is 15.1 Å². The second kappa shape index (κ2) is 5.52. The quantitative estimate of drug-likeness (QED) is 0.733. The molecule has 1 heterocycles. The summed E-state index contributed by atoms with van der Waals surface area (Å²) in [5.74, 6) is -1.02. The number of hydrogen-bond acceptors (Lipinski definition) is 5. The van der Waals surface area contributed by atoms with Crippen LogP contribution in [-0.2, 0) is 16.6 Å². The fraction of sp³-hybridized carbons (Fsp3) is 0.545. The van der Waals surface area contributed by atoms with E-state index >= 15 is 0 Å². The second-order valence-corrected chi connectivity index (χ2v) is 4.29. The predicted molar refractivity (Wildman–Crippen MR) is 65.7 cm³/mol. The molecule has 100 valence electrons. The summed E-state index contributed by atoms with van der Waals surface area (Å²) in [6.45, 7) is 3.63. The van der Waals surface area contributed by atoms with Crippen LogP contribution in [0.5, 0.6) is 0 Å². The third-order valence-electron chi connectivity index (χ3n) is 2.59. The topological polar surface area (TPSA) is 99.2 Å². The van der Waals surface area contributed by atoms with Crippen LogP contribution in [0.4, 0.5) is 5.69 Å². The van der Waals surface area contributed by atoms with E-state index in [0.29, 0.717) is 0 Å². The number of aromatic nitrogens is 2. The molecule has 1 atom stereocenters. The summed E-state index contributed by atoms with van der Waals surface area (Å²) in [5, 5.41) is 6.47. The Morgan fingerprint density at radius 2 is 2.11 bits per heavy atom. The van der Waals surface area contributed by atoms with Crippen molar-refractivity contribution in [1.29, 1.82) is 0 Å². The molecule has 0 aliphatic carbocycles. The molecule has 18 heavy (non-hydrogen) atoms. The van der Waals surface area contributed by atoms with Gasteiger partial charge in [-0.1, -0.05) is 13.8 Å². The molecule has 0 aromatic carbocycles. The minimum Gasteiger partial charge on any atom is -0.467 e. The molecule has 0 bridgehead atoms. The number of carbonyl (C=O) groups excluding carboxylic acids is 2. The number of methoxy groups -OCH3 is 1. The number of hydrogen-bond donors (Lipinski definition) is 2. The van der Waals surface area contributed by atoms with E-state index in [0.717, 1.165) is 0 Å². The highest BCUT2D eigenvalue weighted by Gasteiger charge is 2.27. The van der Waals surface area contributed by atoms with Crippen molar-refractivity contribution in [3.05, 3.63) is 11.9 Å². The SMILES string of the molecule is COC(=O)C(NC(=O)c1c(N)cnn1C)C(C)C. The highest BCUT2D eigenvalue weighted by molar-refractivity contribution is 5.99. The summed E-state index contributed by atoms with van der Waals surface area (Å²) < 4.78 is 6.01. The monoisotopic (exact) mass is 254 g/mol. The van der Waals surface area contributed by atoms with Gasteiger partial charge < -0.3 is 15.8 Å². The van der Waals surface area contributed by atoms with Crippen molar-refractivity contribution in [2.75, 3.05) is 12.8 Å². The maximum absolute atomic E-state index is 12.0. The van der Waals surface area contributed by atoms with Gasteiger partial charge >= 0.3 is 5.97 Å². The van der Waals surface area contributed by atoms with E-state index in [-0.39, 0.29) is 17.3 Å². The Morgan fingerprint density at radius 1 is 1.50 bits per heavy atom. The van der Waals surface area contributed by atoms with Crippen LogP contribution in [0.3, 0.4) is 0 Å². The standard InChI is InChI=1S/C11H18N4O3/c1-6(2)8(11(17)18-4)14-10(16)9-7(12)5-13-15(9)3/h5-6,8H,12H2,1-4H3,(H,14,16). The van der Waals surface area contributed by atoms with E-state index in [1.807, 2.05) is 13.8 Å². The lowest BCUT2D eigenvalue weighted by Gasteiger charge is -2.19. The number of nitrogens with two attached hydrogens (primary N) is 1. The van der Waals surface area contributed by atoms with Crippen LogP contribution >= 0.6 is 0 Å². The minimum absolute atomic E-state index is 0.0872. The van der Waals surface area contributed by atoms with Crippen molar-refractivity contribution in [3.63, 3.8) is 0 Å². The molecule has 7 nitrogen and oxygen atoms in total. The lowest BCUT2D eigenvalue weighted by atomic mass is 10.0. The third kappa shape index (κ3) is 2.79. The molecule has 0 aliphatic rings. The van der Waals surface area contributed by atoms with Crippen molar-refractivity contribution in [3.8, 4) is 0 Å². The van der Waals surface area contributed by atoms with Gasteiger partial charge in [0.2, 0.25) is 0 Å². The first-order chi connectivity index (χ1) is 8.38. The number of anilines is 1. The number of amides is 1. The van der Waals surface area contributed by atoms with Gasteiger partial charge in [0.1, 0.15) is 11.7 Å². The number of nitrogens with zero attached hydrogens (tertiary/aromatic N) is 2. The molecule has 1 aromatic rings. The fourth-order valence-electron chi connectivity index (χ4n) is 1.57. The van der Waals surface area contributed by atoms with Crippen molar-refractivity contribution in [2.24, 2.45) is 13.0 Å². The average Bonchev–Trinajstić information content (AvgIpc) is 2.64. The number of esters is 1. The lowest BCUT2D eigenvalue weighted by molar-refractivity contribution is -0.144. The van der Waals surface area contributed by atoms with Gasteiger partial charge in [-0.2, -0.15) is 5.10 Å². The lowest BCUT2D eigenvalue weighted by Crippen LogP contribution is -2.45. The average molecular weight is 254 g/mol. The predicted octanol–water partition coefficient (Wildman–Crippen LogP) is -0.0703. The molecule has 1 amide bonds. The Labute approximate surface area is 105 Å². The first kappa shape index (κ1) is 14.0. The van der Waals surface area contributed by atoms with E-state index in [2.05, 4.69) is 15.2 Å². The van der Waals surface area contributed by atoms with E-state index in [1.165, 1.54) is 18.0 Å². The highest BCUT2D eigenvalue weighted by Crippen LogP contribution is 2.11. The zero-order chi connectivity index (χ0) is 13.9. The van der Waals surface area contributed by atoms with Crippen LogP contribution in [0.2, 0.25) is 0 Å². The Hall–Kier alpha value is -2.05. The van der Waals surface area contributed by atoms with Crippen molar-refractivity contribution < 1.29 is 14.3 Å². The molecule has 0 saturated heterocycles. The number of nitrogen functional groups attached to an aromatic ring is 1. The molecule has 0 spiro atoms. The summed E-state index contributed by atoms with van der Waals surface area (Å²) in [6, 6.07) is -0.711. The summed E-state index contributed by atoms with van der Waals surface area (Å²) in [7, 11) is 2.89. The molecule has 0 aliphatic heterocycles. The molecular weight excluding hydrogens is 236 g/mol. The van der Waals surface area contributed by atoms with Crippen molar-refractivity contribution in [2.45, 2.75) is 19.9 Å². The maximum Gasteiger partial charge on any atom is 0.328 e. The molecule has 7 heteroatoms. The van der Waals surface area contributed by atoms with Crippen LogP contribution in [0, 0.1) is 5.92 Å². The normalized spacial score (nSPS) is 12.3. The highest BCUT2D eigenvalue weighted by atomic mass is 16.5. The van der Waals surface area contributed by atoms with E-state index < -0.39 is 17.9 Å². The Bertz CT molecular complexity index is 434. The summed E-state index contributed by atoms with van der Waals surface area (Å²) in [5.41, 5.74) is 6.13. The van der Waals surface area contributed by atoms with Crippen LogP contribution in [0.25, 0.3) is 0 Å². The molecule has 1 rings (SSSR count). The number of aryl methyl sites for hydroxylation is 1. The van der Waals surface area contributed by atoms with Crippen LogP contribution < -0.4 is 11.1 Å². The second-order valence-electron chi connectivity index (χ2n) is 4.29. The van der Waals surface area contributed by atoms with Gasteiger partial charge in [-0.15, -0.1) is 0 Å². The number of carbonyl (C=O) groups is 2. The summed E-state index contributed by atoms with van der Waals surface area (Å²) in [4.78, 5) is 23.6. The summed E-state index contributed by atoms with van der Waals surface area (Å²) >= 11 is 0. The molecule has 3 N–H and O–H groups in total. The van der Waals surface area contributed by atoms with Gasteiger partial charge in [0.25, 0.3) is 5.91 Å². The maximum atomic E-state index is 12.0. The third-order valence-corrected chi connectivity index (χ3v) is 2.59. The van der Waals surface area contributed by atoms with Gasteiger partial charge in [0, 0.05) is 7.05 Å². The Balaban J connectivity index is 2.89. The first-order valence-electron chi connectivity index (χ1n) is 5.54. The molecule has 0 fully saturated rings. The van der Waals surface area contributed by atoms with Gasteiger partial charge in [-0.25, -0.2) is 4.79 Å². The molecule has 1 unspecified atom stereocenters. The zero-order valence-electron chi connectivity index (χ0n) is 10.9. The first-order valence-corrected chi connectivity index (χ1v) is 5.54. The van der Waals surface area contributed by atoms with E-state index in [9.17, 15) is 9.59 Å². The molecule has 0 radical (unpaired) electrons. The van der Waals surface area contributed by atoms with Crippen molar-refractivity contribution >= 4 is 17.6 Å². The van der Waals surface area contributed by atoms with Crippen LogP contribution in [0.15, 0.2) is 6.20 Å². The van der Waals surface area contributed by atoms with Crippen LogP contribution in [0.1, 0.15) is 24.3 Å². The summed E-state index contributed by atoms with van der Waals surface area (Å²) in [6.07, 6.45) is 1.39. The molecular formula is C11H18N4O3. The molecule has 0 saturated carbocycles. The molecule has 1 aromatic heterocycles. The largest absolute Gasteiger partial charge is 0.467 e. The van der Waals surface area contributed by atoms with Crippen LogP contribution in [-0.4, -0.2) is 34.8 Å². The smallest absolute Gasteiger partial charge is 0.328 e. The minimum atomic E-state index is -0.711. The van der Waals surface area contributed by atoms with Gasteiger partial charge in [0.05, 0.1) is 19.0 Å². The Morgan fingerprint density at radius 3 is 2.50 bits per heavy atom. The number of ether oxygens (including phenoxy) is 1. The number of nitrogens with one attached hydrogen (secondary N) is 1. The number of rotatable bonds is 4. The van der Waals surface area contributed by atoms with E-state index in [4.69, 9.17) is 5.73 Å². The zero-order valence-corrected chi connectivity index (χ0v) is 10.9. The Kier molecular flexibility index (Phi) is 4.30. The fourth-order valence-corrected chi connectivity index (χ4v) is 1.57. The van der Waals surface area contributed by atoms with Gasteiger partial charge in [-0.05, 0) is 5.92 Å². The van der Waals surface area contributed by atoms with Gasteiger partial charge in [0.15, 0.2) is 0 Å². The van der Waals surface area contributed by atoms with Gasteiger partial charge in [-0.3, -0.25) is 9.48 Å².